The first-order chi connectivity index (χ1) is 12.0. The number of anilines is 2. The molecule has 0 saturated heterocycles. The number of amides is 1. The van der Waals surface area contributed by atoms with Crippen LogP contribution in [-0.4, -0.2) is 22.1 Å². The summed E-state index contributed by atoms with van der Waals surface area (Å²) in [6, 6.07) is 7.72. The number of hydrogen-bond acceptors (Lipinski definition) is 8. The lowest BCUT2D eigenvalue weighted by molar-refractivity contribution is 0.100. The van der Waals surface area contributed by atoms with Crippen LogP contribution in [0.15, 0.2) is 24.3 Å². The van der Waals surface area contributed by atoms with E-state index < -0.39 is 5.91 Å². The van der Waals surface area contributed by atoms with Gasteiger partial charge in [-0.05, 0) is 12.1 Å². The number of nitrogens with two attached hydrogens (primary N) is 3. The summed E-state index contributed by atoms with van der Waals surface area (Å²) in [5, 5.41) is 8.98. The Balaban J connectivity index is 2.16. The number of benzene rings is 1. The fourth-order valence-corrected chi connectivity index (χ4v) is 4.71. The third-order valence-corrected chi connectivity index (χ3v) is 5.99. The van der Waals surface area contributed by atoms with E-state index in [0.717, 1.165) is 27.8 Å². The number of thiophene rings is 1. The molecule has 0 saturated carbocycles. The molecule has 1 aromatic carbocycles. The van der Waals surface area contributed by atoms with Crippen molar-refractivity contribution in [2.75, 3.05) is 11.5 Å². The van der Waals surface area contributed by atoms with Gasteiger partial charge >= 0.3 is 0 Å². The molecule has 0 unspecified atom stereocenters. The molecule has 0 radical (unpaired) electrons. The standard InChI is InChI=1S/C16H12N6OS2/c17-5-6-9(15-21-7-3-1-2-4-8(7)24-15)10-11(18)12(14(20)23)25-16(10)22-13(6)19/h1-5,17H,18H2,(H2,19,22)(H2,20,23). The molecule has 3 aromatic heterocycles. The minimum atomic E-state index is -0.620. The lowest BCUT2D eigenvalue weighted by atomic mass is 10.1. The minimum Gasteiger partial charge on any atom is -0.397 e. The van der Waals surface area contributed by atoms with E-state index in [-0.39, 0.29) is 16.4 Å². The summed E-state index contributed by atoms with van der Waals surface area (Å²) >= 11 is 2.56. The molecule has 0 bridgehead atoms. The fourth-order valence-electron chi connectivity index (χ4n) is 2.71. The SMILES string of the molecule is N=Cc1c(N)nc2sc(C(N)=O)c(N)c2c1-c1nc2ccccc2s1. The van der Waals surface area contributed by atoms with Gasteiger partial charge in [0, 0.05) is 22.7 Å². The molecule has 0 atom stereocenters. The molecule has 25 heavy (non-hydrogen) atoms. The Labute approximate surface area is 149 Å². The van der Waals surface area contributed by atoms with Crippen molar-refractivity contribution in [1.29, 1.82) is 5.41 Å². The molecule has 0 aliphatic rings. The van der Waals surface area contributed by atoms with E-state index in [1.807, 2.05) is 24.3 Å². The van der Waals surface area contributed by atoms with Crippen LogP contribution in [0.2, 0.25) is 0 Å². The van der Waals surface area contributed by atoms with Crippen LogP contribution < -0.4 is 17.2 Å². The molecule has 0 fully saturated rings. The Bertz CT molecular complexity index is 1140. The molecule has 7 nitrogen and oxygen atoms in total. The largest absolute Gasteiger partial charge is 0.397 e. The Kier molecular flexibility index (Phi) is 3.41. The quantitative estimate of drug-likeness (QED) is 0.411. The number of nitrogens with one attached hydrogen (secondary N) is 1. The molecular weight excluding hydrogens is 356 g/mol. The van der Waals surface area contributed by atoms with Gasteiger partial charge < -0.3 is 22.6 Å². The van der Waals surface area contributed by atoms with E-state index in [4.69, 9.17) is 22.6 Å². The Morgan fingerprint density at radius 2 is 1.92 bits per heavy atom. The van der Waals surface area contributed by atoms with E-state index in [2.05, 4.69) is 9.97 Å². The number of thiazole rings is 1. The van der Waals surface area contributed by atoms with Gasteiger partial charge in [-0.1, -0.05) is 12.1 Å². The molecule has 4 aromatic rings. The highest BCUT2D eigenvalue weighted by Crippen LogP contribution is 2.44. The van der Waals surface area contributed by atoms with Crippen LogP contribution in [0.25, 0.3) is 31.0 Å². The molecule has 0 aliphatic carbocycles. The molecular formula is C16H12N6OS2. The van der Waals surface area contributed by atoms with Gasteiger partial charge in [0.25, 0.3) is 5.91 Å². The predicted molar refractivity (Wildman–Crippen MR) is 103 cm³/mol. The normalized spacial score (nSPS) is 11.2. The highest BCUT2D eigenvalue weighted by molar-refractivity contribution is 7.22. The zero-order valence-corrected chi connectivity index (χ0v) is 14.4. The van der Waals surface area contributed by atoms with Crippen molar-refractivity contribution in [3.8, 4) is 10.6 Å². The van der Waals surface area contributed by atoms with E-state index in [1.54, 1.807) is 0 Å². The lowest BCUT2D eigenvalue weighted by Gasteiger charge is -2.08. The topological polar surface area (TPSA) is 145 Å². The first kappa shape index (κ1) is 15.5. The first-order valence-corrected chi connectivity index (χ1v) is 8.82. The number of pyridine rings is 1. The minimum absolute atomic E-state index is 0.189. The van der Waals surface area contributed by atoms with Crippen molar-refractivity contribution in [2.45, 2.75) is 0 Å². The van der Waals surface area contributed by atoms with Crippen LogP contribution in [0, 0.1) is 5.41 Å². The summed E-state index contributed by atoms with van der Waals surface area (Å²) in [5.41, 5.74) is 19.7. The molecule has 0 aliphatic heterocycles. The Morgan fingerprint density at radius 1 is 1.16 bits per heavy atom. The van der Waals surface area contributed by atoms with Crippen molar-refractivity contribution >= 4 is 66.7 Å². The number of hydrogen-bond donors (Lipinski definition) is 4. The summed E-state index contributed by atoms with van der Waals surface area (Å²) in [5.74, 6) is -0.431. The van der Waals surface area contributed by atoms with E-state index in [1.165, 1.54) is 11.3 Å². The number of nitrogen functional groups attached to an aromatic ring is 2. The Hall–Kier alpha value is -3.04. The van der Waals surface area contributed by atoms with Gasteiger partial charge in [-0.15, -0.1) is 22.7 Å². The first-order valence-electron chi connectivity index (χ1n) is 7.19. The van der Waals surface area contributed by atoms with Crippen molar-refractivity contribution in [2.24, 2.45) is 5.73 Å². The van der Waals surface area contributed by atoms with Gasteiger partial charge in [0.15, 0.2) is 0 Å². The predicted octanol–water partition coefficient (Wildman–Crippen LogP) is 2.83. The van der Waals surface area contributed by atoms with E-state index >= 15 is 0 Å². The summed E-state index contributed by atoms with van der Waals surface area (Å²) in [4.78, 5) is 21.3. The van der Waals surface area contributed by atoms with Crippen LogP contribution in [0.3, 0.4) is 0 Å². The lowest BCUT2D eigenvalue weighted by Crippen LogP contribution is -2.10. The highest BCUT2D eigenvalue weighted by atomic mass is 32.1. The Morgan fingerprint density at radius 3 is 2.60 bits per heavy atom. The third-order valence-electron chi connectivity index (χ3n) is 3.82. The summed E-state index contributed by atoms with van der Waals surface area (Å²) < 4.78 is 1.00. The average molecular weight is 368 g/mol. The maximum atomic E-state index is 11.7. The van der Waals surface area contributed by atoms with Gasteiger partial charge in [0.05, 0.1) is 15.9 Å². The molecule has 7 N–H and O–H groups in total. The van der Waals surface area contributed by atoms with Crippen molar-refractivity contribution in [3.63, 3.8) is 0 Å². The molecule has 124 valence electrons. The van der Waals surface area contributed by atoms with Crippen molar-refractivity contribution in [1.82, 2.24) is 9.97 Å². The molecule has 3 heterocycles. The van der Waals surface area contributed by atoms with Crippen LogP contribution in [0.1, 0.15) is 15.2 Å². The summed E-state index contributed by atoms with van der Waals surface area (Å²) in [6.45, 7) is 0. The van der Waals surface area contributed by atoms with Gasteiger partial charge in [-0.3, -0.25) is 4.79 Å². The number of fused-ring (bicyclic) bond motifs is 2. The smallest absolute Gasteiger partial charge is 0.260 e. The van der Waals surface area contributed by atoms with E-state index in [0.29, 0.717) is 26.4 Å². The number of carbonyl (C=O) groups is 1. The number of aromatic nitrogens is 2. The zero-order chi connectivity index (χ0) is 17.7. The van der Waals surface area contributed by atoms with Crippen molar-refractivity contribution in [3.05, 3.63) is 34.7 Å². The average Bonchev–Trinajstić information content (AvgIpc) is 3.15. The van der Waals surface area contributed by atoms with Gasteiger partial charge in [-0.2, -0.15) is 0 Å². The number of rotatable bonds is 3. The van der Waals surface area contributed by atoms with Crippen LogP contribution >= 0.6 is 22.7 Å². The molecule has 4 rings (SSSR count). The molecule has 1 amide bonds. The van der Waals surface area contributed by atoms with Crippen molar-refractivity contribution < 1.29 is 4.79 Å². The van der Waals surface area contributed by atoms with Gasteiger partial charge in [-0.25, -0.2) is 9.97 Å². The number of carbonyl (C=O) groups excluding carboxylic acids is 1. The van der Waals surface area contributed by atoms with Crippen LogP contribution in [0.4, 0.5) is 11.5 Å². The number of para-hydroxylation sites is 1. The zero-order valence-electron chi connectivity index (χ0n) is 12.7. The van der Waals surface area contributed by atoms with E-state index in [9.17, 15) is 4.79 Å². The van der Waals surface area contributed by atoms with Gasteiger partial charge in [0.1, 0.15) is 20.5 Å². The monoisotopic (exact) mass is 368 g/mol. The second-order valence-corrected chi connectivity index (χ2v) is 7.34. The van der Waals surface area contributed by atoms with Gasteiger partial charge in [0.2, 0.25) is 0 Å². The number of primary amides is 1. The highest BCUT2D eigenvalue weighted by Gasteiger charge is 2.24. The molecule has 9 heteroatoms. The van der Waals surface area contributed by atoms with Crippen LogP contribution in [0.5, 0.6) is 0 Å². The molecule has 0 spiro atoms. The van der Waals surface area contributed by atoms with Crippen LogP contribution in [-0.2, 0) is 0 Å². The summed E-state index contributed by atoms with van der Waals surface area (Å²) in [7, 11) is 0. The second-order valence-electron chi connectivity index (χ2n) is 5.31. The summed E-state index contributed by atoms with van der Waals surface area (Å²) in [6.07, 6.45) is 1.13. The third kappa shape index (κ3) is 2.24. The second kappa shape index (κ2) is 5.50. The number of nitrogens with zero attached hydrogens (tertiary/aromatic N) is 2. The maximum Gasteiger partial charge on any atom is 0.260 e. The maximum absolute atomic E-state index is 11.7. The fraction of sp³-hybridized carbons (Fsp3) is 0.